The monoisotopic (exact) mass is 487 g/mol. The molecule has 1 amide bonds. The van der Waals surface area contributed by atoms with Gasteiger partial charge in [0.25, 0.3) is 0 Å². The molecule has 4 N–H and O–H groups in total. The fraction of sp³-hybridized carbons (Fsp3) is 0.583. The van der Waals surface area contributed by atoms with Gasteiger partial charge in [0, 0.05) is 24.2 Å². The number of likely N-dealkylation sites (tertiary alicyclic amines) is 1. The molecule has 1 aromatic rings. The Bertz CT molecular complexity index is 946. The topological polar surface area (TPSA) is 134 Å². The van der Waals surface area contributed by atoms with Crippen LogP contribution in [0.2, 0.25) is 5.02 Å². The summed E-state index contributed by atoms with van der Waals surface area (Å²) < 4.78 is 5.96. The standard InChI is InChI=1S/C24H34ClN7O2/c1-4-16(7-10-19(5-2)34-20-11-8-17(25)12-29-20)22-21(24(28)33)23(27)32(30-22)18-9-6-15(3)31(13-18)14-26/h7-8,10-12,15-16,18-19,21,23H,4-6,9,13,27H2,1-3H3,(H2,28,33)/b10-7-. The van der Waals surface area contributed by atoms with Crippen molar-refractivity contribution in [1.29, 1.82) is 5.26 Å². The predicted molar refractivity (Wildman–Crippen MR) is 132 cm³/mol. The lowest BCUT2D eigenvalue weighted by atomic mass is 9.87. The van der Waals surface area contributed by atoms with Gasteiger partial charge in [-0.2, -0.15) is 10.4 Å². The molecule has 0 spiro atoms. The summed E-state index contributed by atoms with van der Waals surface area (Å²) in [5.41, 5.74) is 12.9. The van der Waals surface area contributed by atoms with Crippen LogP contribution in [0.1, 0.15) is 46.5 Å². The van der Waals surface area contributed by atoms with Gasteiger partial charge in [-0.3, -0.25) is 9.80 Å². The van der Waals surface area contributed by atoms with Crippen molar-refractivity contribution in [3.8, 4) is 12.1 Å². The van der Waals surface area contributed by atoms with E-state index in [4.69, 9.17) is 32.9 Å². The van der Waals surface area contributed by atoms with Gasteiger partial charge in [-0.05, 0) is 44.7 Å². The van der Waals surface area contributed by atoms with Gasteiger partial charge in [0.1, 0.15) is 18.2 Å². The lowest BCUT2D eigenvalue weighted by molar-refractivity contribution is -0.121. The molecule has 0 aromatic carbocycles. The number of nitrogens with zero attached hydrogens (tertiary/aromatic N) is 5. The van der Waals surface area contributed by atoms with Gasteiger partial charge in [0.05, 0.1) is 23.3 Å². The van der Waals surface area contributed by atoms with Crippen LogP contribution in [0.25, 0.3) is 0 Å². The number of nitriles is 1. The molecule has 0 saturated carbocycles. The maximum atomic E-state index is 12.4. The minimum atomic E-state index is -0.691. The number of primary amides is 1. The van der Waals surface area contributed by atoms with E-state index in [1.54, 1.807) is 28.2 Å². The van der Waals surface area contributed by atoms with Crippen LogP contribution in [0, 0.1) is 23.3 Å². The fourth-order valence-corrected chi connectivity index (χ4v) is 4.64. The number of carbonyl (C=O) groups excluding carboxylic acids is 1. The summed E-state index contributed by atoms with van der Waals surface area (Å²) in [6, 6.07) is 3.60. The largest absolute Gasteiger partial charge is 0.470 e. The Kier molecular flexibility index (Phi) is 8.75. The van der Waals surface area contributed by atoms with Crippen LogP contribution in [0.3, 0.4) is 0 Å². The van der Waals surface area contributed by atoms with Crippen molar-refractivity contribution in [3.05, 3.63) is 35.5 Å². The number of nitrogens with two attached hydrogens (primary N) is 2. The Labute approximate surface area is 206 Å². The molecule has 1 aromatic heterocycles. The molecule has 184 valence electrons. The Morgan fingerprint density at radius 1 is 1.35 bits per heavy atom. The first-order valence-electron chi connectivity index (χ1n) is 11.8. The van der Waals surface area contributed by atoms with Crippen LogP contribution in [0.15, 0.2) is 35.6 Å². The number of ether oxygens (including phenoxy) is 1. The summed E-state index contributed by atoms with van der Waals surface area (Å²) >= 11 is 5.90. The molecule has 1 fully saturated rings. The van der Waals surface area contributed by atoms with E-state index in [0.717, 1.165) is 25.7 Å². The number of hydrogen-bond acceptors (Lipinski definition) is 8. The van der Waals surface area contributed by atoms with E-state index in [1.807, 2.05) is 32.9 Å². The van der Waals surface area contributed by atoms with Crippen LogP contribution < -0.4 is 16.2 Å². The number of carbonyl (C=O) groups is 1. The summed E-state index contributed by atoms with van der Waals surface area (Å²) in [5.74, 6) is -0.818. The van der Waals surface area contributed by atoms with Crippen molar-refractivity contribution in [1.82, 2.24) is 14.9 Å². The Balaban J connectivity index is 1.79. The highest BCUT2D eigenvalue weighted by Crippen LogP contribution is 2.31. The van der Waals surface area contributed by atoms with Crippen LogP contribution in [0.4, 0.5) is 0 Å². The zero-order chi connectivity index (χ0) is 24.8. The summed E-state index contributed by atoms with van der Waals surface area (Å²) in [5, 5.41) is 16.6. The smallest absolute Gasteiger partial charge is 0.229 e. The van der Waals surface area contributed by atoms with E-state index >= 15 is 0 Å². The van der Waals surface area contributed by atoms with Gasteiger partial charge in [-0.25, -0.2) is 4.98 Å². The van der Waals surface area contributed by atoms with Gasteiger partial charge in [0.2, 0.25) is 11.8 Å². The zero-order valence-corrected chi connectivity index (χ0v) is 20.7. The normalized spacial score (nSPS) is 26.8. The molecule has 3 rings (SSSR count). The Morgan fingerprint density at radius 3 is 2.71 bits per heavy atom. The Hall–Kier alpha value is -2.83. The highest BCUT2D eigenvalue weighted by atomic mass is 35.5. The number of halogens is 1. The van der Waals surface area contributed by atoms with E-state index in [0.29, 0.717) is 23.2 Å². The molecule has 0 bridgehead atoms. The van der Waals surface area contributed by atoms with Crippen LogP contribution >= 0.6 is 11.6 Å². The molecular weight excluding hydrogens is 454 g/mol. The van der Waals surface area contributed by atoms with Gasteiger partial charge in [0.15, 0.2) is 6.19 Å². The second kappa shape index (κ2) is 11.5. The molecule has 0 aliphatic carbocycles. The number of piperidine rings is 1. The Morgan fingerprint density at radius 2 is 2.12 bits per heavy atom. The summed E-state index contributed by atoms with van der Waals surface area (Å²) in [6.07, 6.45) is 10.1. The van der Waals surface area contributed by atoms with Crippen molar-refractivity contribution in [2.75, 3.05) is 6.54 Å². The molecule has 9 nitrogen and oxygen atoms in total. The van der Waals surface area contributed by atoms with Crippen LogP contribution in [0.5, 0.6) is 5.88 Å². The molecule has 6 unspecified atom stereocenters. The molecular formula is C24H34ClN7O2. The highest BCUT2D eigenvalue weighted by Gasteiger charge is 2.44. The van der Waals surface area contributed by atoms with E-state index in [9.17, 15) is 10.1 Å². The third kappa shape index (κ3) is 5.80. The number of hydrogen-bond donors (Lipinski definition) is 2. The first-order valence-corrected chi connectivity index (χ1v) is 12.2. The average molecular weight is 488 g/mol. The predicted octanol–water partition coefficient (Wildman–Crippen LogP) is 2.87. The lowest BCUT2D eigenvalue weighted by Crippen LogP contribution is -2.55. The maximum absolute atomic E-state index is 12.4. The molecule has 6 atom stereocenters. The number of rotatable bonds is 9. The number of aromatic nitrogens is 1. The van der Waals surface area contributed by atoms with E-state index in [1.165, 1.54) is 0 Å². The summed E-state index contributed by atoms with van der Waals surface area (Å²) in [7, 11) is 0. The van der Waals surface area contributed by atoms with Crippen molar-refractivity contribution in [2.24, 2.45) is 28.4 Å². The van der Waals surface area contributed by atoms with Gasteiger partial charge >= 0.3 is 0 Å². The van der Waals surface area contributed by atoms with Crippen molar-refractivity contribution >= 4 is 23.2 Å². The van der Waals surface area contributed by atoms with Gasteiger partial charge < -0.3 is 21.1 Å². The highest BCUT2D eigenvalue weighted by molar-refractivity contribution is 6.30. The number of hydrazone groups is 1. The molecule has 3 heterocycles. The molecule has 0 radical (unpaired) electrons. The second-order valence-electron chi connectivity index (χ2n) is 8.89. The van der Waals surface area contributed by atoms with Crippen LogP contribution in [-0.4, -0.2) is 57.4 Å². The SMILES string of the molecule is CCC(/C=C\C(CC)C1=NN(C2CCC(C)N(C#N)C2)C(N)C1C(N)=O)Oc1ccc(Cl)cn1. The van der Waals surface area contributed by atoms with E-state index < -0.39 is 18.0 Å². The number of amides is 1. The van der Waals surface area contributed by atoms with Gasteiger partial charge in [-0.15, -0.1) is 0 Å². The maximum Gasteiger partial charge on any atom is 0.229 e. The van der Waals surface area contributed by atoms with E-state index in [-0.39, 0.29) is 24.1 Å². The van der Waals surface area contributed by atoms with Crippen molar-refractivity contribution < 1.29 is 9.53 Å². The zero-order valence-electron chi connectivity index (χ0n) is 20.0. The average Bonchev–Trinajstić information content (AvgIpc) is 3.17. The first-order chi connectivity index (χ1) is 16.3. The molecule has 1 saturated heterocycles. The first kappa shape index (κ1) is 25.8. The summed E-state index contributed by atoms with van der Waals surface area (Å²) in [6.45, 7) is 6.62. The third-order valence-corrected chi connectivity index (χ3v) is 6.84. The fourth-order valence-electron chi connectivity index (χ4n) is 4.52. The quantitative estimate of drug-likeness (QED) is 0.404. The van der Waals surface area contributed by atoms with Crippen LogP contribution in [-0.2, 0) is 4.79 Å². The third-order valence-electron chi connectivity index (χ3n) is 6.62. The number of allylic oxidation sites excluding steroid dienone is 1. The lowest BCUT2D eigenvalue weighted by Gasteiger charge is -2.39. The van der Waals surface area contributed by atoms with Gasteiger partial charge in [-0.1, -0.05) is 31.5 Å². The second-order valence-corrected chi connectivity index (χ2v) is 9.32. The molecule has 2 aliphatic heterocycles. The molecule has 10 heteroatoms. The minimum Gasteiger partial charge on any atom is -0.470 e. The molecule has 34 heavy (non-hydrogen) atoms. The van der Waals surface area contributed by atoms with Crippen molar-refractivity contribution in [2.45, 2.75) is 70.8 Å². The summed E-state index contributed by atoms with van der Waals surface area (Å²) in [4.78, 5) is 18.4. The minimum absolute atomic E-state index is 0.0469. The van der Waals surface area contributed by atoms with Crippen molar-refractivity contribution in [3.63, 3.8) is 0 Å². The van der Waals surface area contributed by atoms with E-state index in [2.05, 4.69) is 11.2 Å². The number of pyridine rings is 1. The molecule has 2 aliphatic rings.